The van der Waals surface area contributed by atoms with Crippen LogP contribution in [0.1, 0.15) is 36.1 Å². The van der Waals surface area contributed by atoms with E-state index < -0.39 is 34.3 Å². The number of carbonyl (C=O) groups is 2. The van der Waals surface area contributed by atoms with E-state index in [4.69, 9.17) is 0 Å². The van der Waals surface area contributed by atoms with E-state index in [2.05, 4.69) is 5.32 Å². The van der Waals surface area contributed by atoms with E-state index in [0.717, 1.165) is 38.7 Å². The summed E-state index contributed by atoms with van der Waals surface area (Å²) in [5.74, 6) is -1.46. The number of amides is 2. The number of hydrogen-bond acceptors (Lipinski definition) is 4. The van der Waals surface area contributed by atoms with Crippen LogP contribution >= 0.6 is 0 Å². The summed E-state index contributed by atoms with van der Waals surface area (Å²) in [6.07, 6.45) is 0.221. The van der Waals surface area contributed by atoms with Gasteiger partial charge in [-0.25, -0.2) is 12.8 Å². The zero-order valence-corrected chi connectivity index (χ0v) is 26.2. The Morgan fingerprint density at radius 3 is 2.05 bits per heavy atom. The van der Waals surface area contributed by atoms with Gasteiger partial charge in [0, 0.05) is 19.0 Å². The number of anilines is 1. The Bertz CT molecular complexity index is 1680. The maximum Gasteiger partial charge on any atom is 0.264 e. The number of sulfonamides is 1. The summed E-state index contributed by atoms with van der Waals surface area (Å²) >= 11 is 0. The molecule has 0 fully saturated rings. The van der Waals surface area contributed by atoms with Crippen molar-refractivity contribution in [3.05, 3.63) is 131 Å². The van der Waals surface area contributed by atoms with Crippen LogP contribution in [-0.2, 0) is 32.6 Å². The lowest BCUT2D eigenvalue weighted by molar-refractivity contribution is -0.140. The van der Waals surface area contributed by atoms with Crippen molar-refractivity contribution in [3.63, 3.8) is 0 Å². The SMILES string of the molecule is Cc1ccc(S(=O)(=O)N(CC(=O)N(Cc2ccccc2C)C(Cc2ccccc2)C(=O)NC(C)C)c2ccc(F)cc2)cc1. The standard InChI is InChI=1S/C35H38FN3O4S/c1-25(2)37-35(41)33(22-28-11-6-5-7-12-28)38(23-29-13-9-8-10-27(29)4)34(40)24-39(31-18-16-30(36)17-19-31)44(42,43)32-20-14-26(3)15-21-32/h5-21,25,33H,22-24H2,1-4H3,(H,37,41). The van der Waals surface area contributed by atoms with Gasteiger partial charge in [0.1, 0.15) is 18.4 Å². The molecule has 0 aliphatic heterocycles. The van der Waals surface area contributed by atoms with Gasteiger partial charge in [0.15, 0.2) is 0 Å². The second-order valence-corrected chi connectivity index (χ2v) is 13.0. The average Bonchev–Trinajstić information content (AvgIpc) is 2.99. The van der Waals surface area contributed by atoms with Gasteiger partial charge in [-0.1, -0.05) is 72.3 Å². The number of hydrogen-bond donors (Lipinski definition) is 1. The molecule has 0 saturated heterocycles. The molecular weight excluding hydrogens is 577 g/mol. The van der Waals surface area contributed by atoms with E-state index in [0.29, 0.717) is 0 Å². The Morgan fingerprint density at radius 2 is 1.43 bits per heavy atom. The summed E-state index contributed by atoms with van der Waals surface area (Å²) < 4.78 is 42.9. The number of nitrogens with zero attached hydrogens (tertiary/aromatic N) is 2. The van der Waals surface area contributed by atoms with Crippen molar-refractivity contribution in [1.82, 2.24) is 10.2 Å². The molecule has 4 rings (SSSR count). The van der Waals surface area contributed by atoms with Crippen molar-refractivity contribution < 1.29 is 22.4 Å². The molecule has 9 heteroatoms. The first-order valence-electron chi connectivity index (χ1n) is 14.5. The number of rotatable bonds is 12. The Kier molecular flexibility index (Phi) is 10.5. The average molecular weight is 616 g/mol. The van der Waals surface area contributed by atoms with Crippen LogP contribution < -0.4 is 9.62 Å². The molecule has 0 spiro atoms. The summed E-state index contributed by atoms with van der Waals surface area (Å²) in [6.45, 7) is 6.93. The minimum atomic E-state index is -4.25. The summed E-state index contributed by atoms with van der Waals surface area (Å²) in [5, 5.41) is 2.95. The number of aryl methyl sites for hydroxylation is 2. The molecule has 4 aromatic carbocycles. The molecule has 0 saturated carbocycles. The van der Waals surface area contributed by atoms with Crippen LogP contribution in [0.15, 0.2) is 108 Å². The van der Waals surface area contributed by atoms with Gasteiger partial charge < -0.3 is 10.2 Å². The zero-order chi connectivity index (χ0) is 31.9. The topological polar surface area (TPSA) is 86.8 Å². The number of nitrogens with one attached hydrogen (secondary N) is 1. The monoisotopic (exact) mass is 615 g/mol. The molecule has 1 N–H and O–H groups in total. The smallest absolute Gasteiger partial charge is 0.264 e. The van der Waals surface area contributed by atoms with Crippen molar-refractivity contribution in [3.8, 4) is 0 Å². The van der Waals surface area contributed by atoms with Gasteiger partial charge in [0.25, 0.3) is 10.0 Å². The second kappa shape index (κ2) is 14.3. The maximum atomic E-state index is 14.4. The molecule has 0 aliphatic rings. The fourth-order valence-electron chi connectivity index (χ4n) is 4.88. The van der Waals surface area contributed by atoms with Crippen molar-refractivity contribution in [1.29, 1.82) is 0 Å². The number of carbonyl (C=O) groups excluding carboxylic acids is 2. The van der Waals surface area contributed by atoms with Crippen LogP contribution in [0.25, 0.3) is 0 Å². The third-order valence-corrected chi connectivity index (χ3v) is 9.09. The van der Waals surface area contributed by atoms with Gasteiger partial charge in [-0.15, -0.1) is 0 Å². The second-order valence-electron chi connectivity index (χ2n) is 11.1. The van der Waals surface area contributed by atoms with E-state index in [9.17, 15) is 22.4 Å². The van der Waals surface area contributed by atoms with Gasteiger partial charge in [-0.3, -0.25) is 13.9 Å². The van der Waals surface area contributed by atoms with Gasteiger partial charge in [0.2, 0.25) is 11.8 Å². The highest BCUT2D eigenvalue weighted by molar-refractivity contribution is 7.92. The molecule has 7 nitrogen and oxygen atoms in total. The Morgan fingerprint density at radius 1 is 0.818 bits per heavy atom. The van der Waals surface area contributed by atoms with E-state index >= 15 is 0 Å². The molecule has 1 unspecified atom stereocenters. The van der Waals surface area contributed by atoms with Gasteiger partial charge in [-0.2, -0.15) is 0 Å². The first-order valence-corrected chi connectivity index (χ1v) is 15.9. The van der Waals surface area contributed by atoms with E-state index in [1.54, 1.807) is 12.1 Å². The Hall–Kier alpha value is -4.50. The van der Waals surface area contributed by atoms with Crippen LogP contribution in [0.5, 0.6) is 0 Å². The molecule has 4 aromatic rings. The summed E-state index contributed by atoms with van der Waals surface area (Å²) in [4.78, 5) is 29.6. The van der Waals surface area contributed by atoms with Crippen LogP contribution in [0.4, 0.5) is 10.1 Å². The minimum absolute atomic E-state index is 0.0101. The van der Waals surface area contributed by atoms with Gasteiger partial charge in [0.05, 0.1) is 10.6 Å². The van der Waals surface area contributed by atoms with Crippen molar-refractivity contribution in [2.75, 3.05) is 10.8 Å². The number of halogens is 1. The lowest BCUT2D eigenvalue weighted by Gasteiger charge is -2.34. The molecule has 0 aromatic heterocycles. The van der Waals surface area contributed by atoms with Crippen LogP contribution in [0.2, 0.25) is 0 Å². The zero-order valence-electron chi connectivity index (χ0n) is 25.4. The molecule has 0 radical (unpaired) electrons. The molecule has 44 heavy (non-hydrogen) atoms. The number of benzene rings is 4. The minimum Gasteiger partial charge on any atom is -0.352 e. The predicted octanol–water partition coefficient (Wildman–Crippen LogP) is 5.80. The summed E-state index contributed by atoms with van der Waals surface area (Å²) in [7, 11) is -4.25. The largest absolute Gasteiger partial charge is 0.352 e. The lowest BCUT2D eigenvalue weighted by Crippen LogP contribution is -2.54. The molecule has 2 amide bonds. The molecule has 0 bridgehead atoms. The highest BCUT2D eigenvalue weighted by Gasteiger charge is 2.35. The molecule has 0 aliphatic carbocycles. The van der Waals surface area contributed by atoms with E-state index in [-0.39, 0.29) is 35.5 Å². The highest BCUT2D eigenvalue weighted by Crippen LogP contribution is 2.26. The lowest BCUT2D eigenvalue weighted by atomic mass is 10.0. The fraction of sp³-hybridized carbons (Fsp3) is 0.257. The van der Waals surface area contributed by atoms with Crippen LogP contribution in [0.3, 0.4) is 0 Å². The predicted molar refractivity (Wildman–Crippen MR) is 171 cm³/mol. The summed E-state index contributed by atoms with van der Waals surface area (Å²) in [6, 6.07) is 27.1. The van der Waals surface area contributed by atoms with Crippen molar-refractivity contribution in [2.45, 2.75) is 57.6 Å². The van der Waals surface area contributed by atoms with Crippen LogP contribution in [0, 0.1) is 19.7 Å². The van der Waals surface area contributed by atoms with E-state index in [1.165, 1.54) is 29.2 Å². The van der Waals surface area contributed by atoms with Gasteiger partial charge in [-0.05, 0) is 80.8 Å². The third-order valence-electron chi connectivity index (χ3n) is 7.31. The van der Waals surface area contributed by atoms with E-state index in [1.807, 2.05) is 82.3 Å². The van der Waals surface area contributed by atoms with Crippen molar-refractivity contribution >= 4 is 27.5 Å². The highest BCUT2D eigenvalue weighted by atomic mass is 32.2. The molecule has 230 valence electrons. The normalized spacial score (nSPS) is 12.0. The fourth-order valence-corrected chi connectivity index (χ4v) is 6.29. The first-order chi connectivity index (χ1) is 21.0. The van der Waals surface area contributed by atoms with Crippen molar-refractivity contribution in [2.24, 2.45) is 0 Å². The van der Waals surface area contributed by atoms with Crippen LogP contribution in [-0.4, -0.2) is 43.8 Å². The molecular formula is C35H38FN3O4S. The quantitative estimate of drug-likeness (QED) is 0.218. The maximum absolute atomic E-state index is 14.4. The molecule has 0 heterocycles. The Balaban J connectivity index is 1.81. The summed E-state index contributed by atoms with van der Waals surface area (Å²) in [5.41, 5.74) is 3.60. The Labute approximate surface area is 259 Å². The van der Waals surface area contributed by atoms with Gasteiger partial charge >= 0.3 is 0 Å². The first kappa shape index (κ1) is 32.4. The molecule has 1 atom stereocenters. The third kappa shape index (κ3) is 8.11.